The van der Waals surface area contributed by atoms with Gasteiger partial charge in [-0.3, -0.25) is 0 Å². The molecule has 0 fully saturated rings. The van der Waals surface area contributed by atoms with Crippen molar-refractivity contribution in [1.29, 1.82) is 0 Å². The van der Waals surface area contributed by atoms with Crippen LogP contribution in [0.2, 0.25) is 0 Å². The molecule has 21 heavy (non-hydrogen) atoms. The normalized spacial score (nSPS) is 10.2. The molecule has 110 valence electrons. The standard InChI is InChI=1S/C15H15NO4S/c1-3-19-14(17)11-12(15(18)20-4-2)21-13(16-11)10-8-6-5-7-9-10/h5-9H,3-4H2,1-2H3. The lowest BCUT2D eigenvalue weighted by molar-refractivity contribution is 0.0479. The van der Waals surface area contributed by atoms with Crippen LogP contribution in [0.4, 0.5) is 0 Å². The predicted octanol–water partition coefficient (Wildman–Crippen LogP) is 3.16. The molecule has 0 bridgehead atoms. The van der Waals surface area contributed by atoms with Crippen LogP contribution in [-0.4, -0.2) is 30.1 Å². The molecule has 2 aromatic rings. The topological polar surface area (TPSA) is 65.5 Å². The zero-order chi connectivity index (χ0) is 15.2. The minimum Gasteiger partial charge on any atom is -0.462 e. The Morgan fingerprint density at radius 2 is 1.67 bits per heavy atom. The van der Waals surface area contributed by atoms with Gasteiger partial charge in [-0.2, -0.15) is 0 Å². The number of benzene rings is 1. The zero-order valence-corrected chi connectivity index (χ0v) is 12.6. The smallest absolute Gasteiger partial charge is 0.358 e. The summed E-state index contributed by atoms with van der Waals surface area (Å²) in [5.74, 6) is -1.17. The summed E-state index contributed by atoms with van der Waals surface area (Å²) in [6.45, 7) is 3.87. The lowest BCUT2D eigenvalue weighted by Gasteiger charge is -2.01. The van der Waals surface area contributed by atoms with Crippen LogP contribution in [0.15, 0.2) is 30.3 Å². The summed E-state index contributed by atoms with van der Waals surface area (Å²) in [4.78, 5) is 28.3. The van der Waals surface area contributed by atoms with Gasteiger partial charge in [-0.1, -0.05) is 30.3 Å². The van der Waals surface area contributed by atoms with Crippen LogP contribution in [0.5, 0.6) is 0 Å². The van der Waals surface area contributed by atoms with Crippen LogP contribution in [-0.2, 0) is 9.47 Å². The Bertz CT molecular complexity index is 601. The van der Waals surface area contributed by atoms with Crippen molar-refractivity contribution in [3.05, 3.63) is 40.9 Å². The van der Waals surface area contributed by atoms with Gasteiger partial charge in [0.25, 0.3) is 0 Å². The second kappa shape index (κ2) is 6.99. The van der Waals surface area contributed by atoms with Crippen molar-refractivity contribution < 1.29 is 19.1 Å². The molecule has 0 amide bonds. The molecule has 0 saturated carbocycles. The summed E-state index contributed by atoms with van der Waals surface area (Å²) in [7, 11) is 0. The molecule has 2 rings (SSSR count). The number of rotatable bonds is 5. The van der Waals surface area contributed by atoms with Gasteiger partial charge in [0.1, 0.15) is 9.88 Å². The van der Waals surface area contributed by atoms with Gasteiger partial charge in [0.05, 0.1) is 13.2 Å². The highest BCUT2D eigenvalue weighted by atomic mass is 32.1. The molecule has 0 aliphatic carbocycles. The van der Waals surface area contributed by atoms with Gasteiger partial charge >= 0.3 is 11.9 Å². The first kappa shape index (κ1) is 15.2. The van der Waals surface area contributed by atoms with E-state index in [2.05, 4.69) is 4.98 Å². The average molecular weight is 305 g/mol. The number of esters is 2. The first-order valence-electron chi connectivity index (χ1n) is 6.57. The number of ether oxygens (including phenoxy) is 2. The summed E-state index contributed by atoms with van der Waals surface area (Å²) in [6.07, 6.45) is 0. The molecule has 0 aliphatic heterocycles. The quantitative estimate of drug-likeness (QED) is 0.794. The maximum Gasteiger partial charge on any atom is 0.358 e. The van der Waals surface area contributed by atoms with E-state index in [1.54, 1.807) is 13.8 Å². The van der Waals surface area contributed by atoms with Crippen molar-refractivity contribution in [2.45, 2.75) is 13.8 Å². The van der Waals surface area contributed by atoms with Crippen molar-refractivity contribution in [3.63, 3.8) is 0 Å². The number of carbonyl (C=O) groups is 2. The van der Waals surface area contributed by atoms with E-state index in [9.17, 15) is 9.59 Å². The van der Waals surface area contributed by atoms with Gasteiger partial charge in [0.2, 0.25) is 0 Å². The van der Waals surface area contributed by atoms with E-state index in [0.717, 1.165) is 16.9 Å². The first-order valence-corrected chi connectivity index (χ1v) is 7.39. The van der Waals surface area contributed by atoms with Crippen molar-refractivity contribution >= 4 is 23.3 Å². The first-order chi connectivity index (χ1) is 10.2. The Morgan fingerprint density at radius 3 is 2.29 bits per heavy atom. The van der Waals surface area contributed by atoms with Crippen LogP contribution in [0, 0.1) is 0 Å². The van der Waals surface area contributed by atoms with E-state index in [1.165, 1.54) is 0 Å². The SMILES string of the molecule is CCOC(=O)c1nc(-c2ccccc2)sc1C(=O)OCC. The largest absolute Gasteiger partial charge is 0.462 e. The third-order valence-electron chi connectivity index (χ3n) is 2.58. The Labute approximate surface area is 126 Å². The van der Waals surface area contributed by atoms with E-state index < -0.39 is 11.9 Å². The number of thiazole rings is 1. The molecule has 0 unspecified atom stereocenters. The Balaban J connectivity index is 2.44. The van der Waals surface area contributed by atoms with E-state index in [0.29, 0.717) is 5.01 Å². The molecule has 1 aromatic carbocycles. The zero-order valence-electron chi connectivity index (χ0n) is 11.8. The van der Waals surface area contributed by atoms with Crippen molar-refractivity contribution in [2.75, 3.05) is 13.2 Å². The second-order valence-electron chi connectivity index (χ2n) is 4.00. The minimum atomic E-state index is -0.612. The summed E-state index contributed by atoms with van der Waals surface area (Å²) >= 11 is 1.13. The number of carbonyl (C=O) groups excluding carboxylic acids is 2. The van der Waals surface area contributed by atoms with Crippen molar-refractivity contribution in [3.8, 4) is 10.6 Å². The summed E-state index contributed by atoms with van der Waals surface area (Å²) in [5.41, 5.74) is 0.850. The molecule has 0 radical (unpaired) electrons. The van der Waals surface area contributed by atoms with E-state index >= 15 is 0 Å². The number of hydrogen-bond acceptors (Lipinski definition) is 6. The third-order valence-corrected chi connectivity index (χ3v) is 3.66. The van der Waals surface area contributed by atoms with Gasteiger partial charge in [0, 0.05) is 5.56 Å². The van der Waals surface area contributed by atoms with Crippen LogP contribution in [0.3, 0.4) is 0 Å². The summed E-state index contributed by atoms with van der Waals surface area (Å²) < 4.78 is 9.91. The van der Waals surface area contributed by atoms with Crippen LogP contribution in [0.25, 0.3) is 10.6 Å². The maximum atomic E-state index is 12.0. The Morgan fingerprint density at radius 1 is 1.05 bits per heavy atom. The lowest BCUT2D eigenvalue weighted by atomic mass is 10.2. The number of hydrogen-bond donors (Lipinski definition) is 0. The molecular formula is C15H15NO4S. The molecule has 0 aliphatic rings. The molecule has 1 heterocycles. The highest BCUT2D eigenvalue weighted by molar-refractivity contribution is 7.17. The van der Waals surface area contributed by atoms with Gasteiger partial charge in [0.15, 0.2) is 5.69 Å². The summed E-state index contributed by atoms with van der Waals surface area (Å²) in [5, 5.41) is 0.585. The molecule has 0 N–H and O–H groups in total. The lowest BCUT2D eigenvalue weighted by Crippen LogP contribution is -2.12. The fourth-order valence-electron chi connectivity index (χ4n) is 1.70. The summed E-state index contributed by atoms with van der Waals surface area (Å²) in [6, 6.07) is 9.34. The molecule has 0 spiro atoms. The van der Waals surface area contributed by atoms with Gasteiger partial charge in [-0.25, -0.2) is 14.6 Å². The molecule has 1 aromatic heterocycles. The Hall–Kier alpha value is -2.21. The van der Waals surface area contributed by atoms with E-state index in [-0.39, 0.29) is 23.8 Å². The highest BCUT2D eigenvalue weighted by Crippen LogP contribution is 2.29. The van der Waals surface area contributed by atoms with Gasteiger partial charge in [-0.05, 0) is 13.8 Å². The highest BCUT2D eigenvalue weighted by Gasteiger charge is 2.25. The monoisotopic (exact) mass is 305 g/mol. The molecule has 0 saturated heterocycles. The van der Waals surface area contributed by atoms with Crippen LogP contribution >= 0.6 is 11.3 Å². The molecule has 0 atom stereocenters. The molecule has 5 nitrogen and oxygen atoms in total. The fraction of sp³-hybridized carbons (Fsp3) is 0.267. The van der Waals surface area contributed by atoms with Crippen molar-refractivity contribution in [2.24, 2.45) is 0 Å². The van der Waals surface area contributed by atoms with Gasteiger partial charge < -0.3 is 9.47 Å². The number of nitrogens with zero attached hydrogens (tertiary/aromatic N) is 1. The predicted molar refractivity (Wildman–Crippen MR) is 79.5 cm³/mol. The van der Waals surface area contributed by atoms with Crippen molar-refractivity contribution in [1.82, 2.24) is 4.98 Å². The van der Waals surface area contributed by atoms with Gasteiger partial charge in [-0.15, -0.1) is 11.3 Å². The number of aromatic nitrogens is 1. The van der Waals surface area contributed by atoms with Crippen LogP contribution < -0.4 is 0 Å². The molecule has 6 heteroatoms. The van der Waals surface area contributed by atoms with E-state index in [1.807, 2.05) is 30.3 Å². The molecular weight excluding hydrogens is 290 g/mol. The second-order valence-corrected chi connectivity index (χ2v) is 5.00. The minimum absolute atomic E-state index is 0.0131. The van der Waals surface area contributed by atoms with E-state index in [4.69, 9.17) is 9.47 Å². The Kier molecular flexibility index (Phi) is 5.05. The fourth-order valence-corrected chi connectivity index (χ4v) is 2.65. The average Bonchev–Trinajstić information content (AvgIpc) is 2.94. The third kappa shape index (κ3) is 3.46. The van der Waals surface area contributed by atoms with Crippen LogP contribution in [0.1, 0.15) is 34.0 Å². The maximum absolute atomic E-state index is 12.0.